The van der Waals surface area contributed by atoms with E-state index in [0.717, 1.165) is 17.0 Å². The van der Waals surface area contributed by atoms with Crippen LogP contribution in [0.3, 0.4) is 0 Å². The second-order valence-electron chi connectivity index (χ2n) is 10.0. The van der Waals surface area contributed by atoms with E-state index in [2.05, 4.69) is 32.9 Å². The molecule has 1 aromatic rings. The van der Waals surface area contributed by atoms with E-state index in [0.29, 0.717) is 23.1 Å². The molecule has 0 heterocycles. The van der Waals surface area contributed by atoms with Crippen molar-refractivity contribution < 1.29 is 22.1 Å². The fraction of sp³-hybridized carbons (Fsp3) is 0.720. The topological polar surface area (TPSA) is 32.6 Å². The summed E-state index contributed by atoms with van der Waals surface area (Å²) in [5.41, 5.74) is 2.48. The molecule has 2 aliphatic carbocycles. The van der Waals surface area contributed by atoms with Crippen LogP contribution < -0.4 is 0 Å². The molecule has 0 saturated heterocycles. The van der Waals surface area contributed by atoms with Crippen LogP contribution in [0.2, 0.25) is 0 Å². The van der Waals surface area contributed by atoms with Gasteiger partial charge in [0.2, 0.25) is 0 Å². The van der Waals surface area contributed by atoms with E-state index in [1.165, 1.54) is 70.6 Å². The average molecular weight is 488 g/mol. The first kappa shape index (κ1) is 26.2. The molecule has 0 amide bonds. The Labute approximate surface area is 200 Å². The molecule has 2 aliphatic rings. The number of hydrogen-bond donors (Lipinski definition) is 1. The van der Waals surface area contributed by atoms with Gasteiger partial charge in [-0.2, -0.15) is 0 Å². The second kappa shape index (κ2) is 13.5. The molecular formula is C25H39Cl2NOTi. The first-order chi connectivity index (χ1) is 14.4. The Kier molecular flexibility index (Phi) is 11.8. The number of aliphatic imine (C=N–C) groups is 1. The van der Waals surface area contributed by atoms with E-state index >= 15 is 0 Å². The standard InChI is InChI=1S/C25H39NO.2ClH.Ti/c1-25(2,3)21-14-16-22(17-15-21)26-18-20-12-9-13-23(24(20)27)19-10-7-5-4-6-8-11-19;;;/h9,12-13,18-19,21-22,27H,4-8,10-11,14-17H2,1-3H3;2*1H;/q;;;+2/p-2. The molecule has 3 rings (SSSR count). The van der Waals surface area contributed by atoms with Crippen LogP contribution in [-0.4, -0.2) is 17.4 Å². The number of aromatic hydroxyl groups is 1. The summed E-state index contributed by atoms with van der Waals surface area (Å²) in [6.45, 7) is 7.08. The molecule has 0 aliphatic heterocycles. The molecule has 168 valence electrons. The molecule has 1 N–H and O–H groups in total. The average Bonchev–Trinajstić information content (AvgIpc) is 2.68. The number of hydrogen-bond acceptors (Lipinski definition) is 2. The monoisotopic (exact) mass is 487 g/mol. The summed E-state index contributed by atoms with van der Waals surface area (Å²) in [6.07, 6.45) is 15.9. The number of halogens is 2. The van der Waals surface area contributed by atoms with Gasteiger partial charge < -0.3 is 5.11 Å². The van der Waals surface area contributed by atoms with Gasteiger partial charge in [0, 0.05) is 17.8 Å². The molecule has 0 radical (unpaired) electrons. The quantitative estimate of drug-likeness (QED) is 0.335. The zero-order chi connectivity index (χ0) is 22.0. The van der Waals surface area contributed by atoms with Crippen molar-refractivity contribution in [1.29, 1.82) is 0 Å². The molecule has 0 aromatic heterocycles. The molecule has 1 aromatic carbocycles. The summed E-state index contributed by atoms with van der Waals surface area (Å²) in [7, 11) is 9.78. The maximum absolute atomic E-state index is 10.9. The fourth-order valence-corrected chi connectivity index (χ4v) is 5.06. The van der Waals surface area contributed by atoms with Crippen molar-refractivity contribution in [1.82, 2.24) is 0 Å². The van der Waals surface area contributed by atoms with Crippen LogP contribution in [0.1, 0.15) is 108 Å². The zero-order valence-electron chi connectivity index (χ0n) is 19.0. The van der Waals surface area contributed by atoms with E-state index in [1.54, 1.807) is 0 Å². The number of rotatable bonds is 3. The first-order valence-electron chi connectivity index (χ1n) is 11.7. The number of para-hydroxylation sites is 1. The van der Waals surface area contributed by atoms with Crippen LogP contribution in [0.15, 0.2) is 23.2 Å². The molecule has 0 bridgehead atoms. The first-order valence-corrected chi connectivity index (χ1v) is 16.0. The number of benzene rings is 1. The van der Waals surface area contributed by atoms with E-state index in [1.807, 2.05) is 12.3 Å². The van der Waals surface area contributed by atoms with Gasteiger partial charge in [-0.1, -0.05) is 65.0 Å². The molecule has 0 spiro atoms. The normalized spacial score (nSPS) is 23.9. The summed E-state index contributed by atoms with van der Waals surface area (Å²) in [5, 5.41) is 10.9. The van der Waals surface area contributed by atoms with Gasteiger partial charge >= 0.3 is 35.6 Å². The van der Waals surface area contributed by atoms with Gasteiger partial charge in [0.1, 0.15) is 5.75 Å². The van der Waals surface area contributed by atoms with Crippen molar-refractivity contribution in [2.75, 3.05) is 0 Å². The van der Waals surface area contributed by atoms with Crippen LogP contribution in [0.25, 0.3) is 0 Å². The Balaban J connectivity index is 0.00000101. The number of phenolic OH excluding ortho intramolecular Hbond substituents is 1. The molecule has 0 atom stereocenters. The third-order valence-corrected chi connectivity index (χ3v) is 6.99. The van der Waals surface area contributed by atoms with Crippen molar-refractivity contribution >= 4 is 24.8 Å². The predicted molar refractivity (Wildman–Crippen MR) is 128 cm³/mol. The molecular weight excluding hydrogens is 449 g/mol. The molecule has 5 heteroatoms. The zero-order valence-corrected chi connectivity index (χ0v) is 22.0. The van der Waals surface area contributed by atoms with Gasteiger partial charge in [-0.15, -0.1) is 0 Å². The van der Waals surface area contributed by atoms with E-state index in [4.69, 9.17) is 23.6 Å². The molecule has 2 nitrogen and oxygen atoms in total. The van der Waals surface area contributed by atoms with Gasteiger partial charge in [-0.05, 0) is 67.4 Å². The van der Waals surface area contributed by atoms with Crippen LogP contribution in [0, 0.1) is 11.3 Å². The summed E-state index contributed by atoms with van der Waals surface area (Å²) in [4.78, 5) is 4.87. The van der Waals surface area contributed by atoms with Crippen molar-refractivity contribution in [2.24, 2.45) is 16.3 Å². The van der Waals surface area contributed by atoms with Gasteiger partial charge in [-0.25, -0.2) is 0 Å². The maximum atomic E-state index is 10.9. The summed E-state index contributed by atoms with van der Waals surface area (Å²) < 4.78 is 0. The van der Waals surface area contributed by atoms with Crippen molar-refractivity contribution in [2.45, 2.75) is 103 Å². The Morgan fingerprint density at radius 3 is 2.07 bits per heavy atom. The Bertz CT molecular complexity index is 643. The van der Waals surface area contributed by atoms with Crippen molar-refractivity contribution in [3.05, 3.63) is 29.3 Å². The van der Waals surface area contributed by atoms with Gasteiger partial charge in [0.05, 0.1) is 0 Å². The summed E-state index contributed by atoms with van der Waals surface area (Å²) in [5.74, 6) is 1.82. The number of phenols is 1. The number of nitrogens with zero attached hydrogens (tertiary/aromatic N) is 1. The van der Waals surface area contributed by atoms with E-state index in [-0.39, 0.29) is 0 Å². The van der Waals surface area contributed by atoms with Gasteiger partial charge in [-0.3, -0.25) is 4.99 Å². The van der Waals surface area contributed by atoms with Crippen LogP contribution >= 0.6 is 18.6 Å². The van der Waals surface area contributed by atoms with Crippen LogP contribution in [-0.2, 0) is 17.0 Å². The Hall–Kier alpha value is -0.0157. The van der Waals surface area contributed by atoms with Gasteiger partial charge in [0.25, 0.3) is 0 Å². The Morgan fingerprint density at radius 2 is 1.50 bits per heavy atom. The second-order valence-corrected chi connectivity index (χ2v) is 12.6. The summed E-state index contributed by atoms with van der Waals surface area (Å²) >= 11 is -0.556. The molecule has 0 unspecified atom stereocenters. The summed E-state index contributed by atoms with van der Waals surface area (Å²) in [6, 6.07) is 6.68. The molecule has 30 heavy (non-hydrogen) atoms. The SMILES string of the molecule is CC(C)(C)C1CCC(N=Cc2cccc(C3CCCCCCC3)c2O)CC1.[Cl][Ti][Cl]. The van der Waals surface area contributed by atoms with Crippen LogP contribution in [0.4, 0.5) is 0 Å². The van der Waals surface area contributed by atoms with E-state index in [9.17, 15) is 5.11 Å². The minimum absolute atomic E-state index is 0.416. The van der Waals surface area contributed by atoms with Crippen molar-refractivity contribution in [3.63, 3.8) is 0 Å². The predicted octanol–water partition coefficient (Wildman–Crippen LogP) is 8.62. The minimum atomic E-state index is -0.556. The third kappa shape index (κ3) is 8.49. The van der Waals surface area contributed by atoms with Crippen LogP contribution in [0.5, 0.6) is 5.75 Å². The molecule has 2 fully saturated rings. The van der Waals surface area contributed by atoms with Crippen molar-refractivity contribution in [3.8, 4) is 5.75 Å². The van der Waals surface area contributed by atoms with E-state index < -0.39 is 17.0 Å². The third-order valence-electron chi connectivity index (χ3n) is 6.99. The van der Waals surface area contributed by atoms with Gasteiger partial charge in [0.15, 0.2) is 0 Å². The molecule has 2 saturated carbocycles. The fourth-order valence-electron chi connectivity index (χ4n) is 5.06. The Morgan fingerprint density at radius 1 is 0.933 bits per heavy atom.